The van der Waals surface area contributed by atoms with Crippen molar-refractivity contribution < 1.29 is 10.0 Å². The van der Waals surface area contributed by atoms with Gasteiger partial charge in [-0.3, -0.25) is 14.9 Å². The summed E-state index contributed by atoms with van der Waals surface area (Å²) >= 11 is 6.90. The maximum atomic E-state index is 12.2. The van der Waals surface area contributed by atoms with Gasteiger partial charge in [0.1, 0.15) is 10.6 Å². The first kappa shape index (κ1) is 15.4. The van der Waals surface area contributed by atoms with Gasteiger partial charge in [-0.05, 0) is 30.3 Å². The normalized spacial score (nSPS) is 10.8. The van der Waals surface area contributed by atoms with Gasteiger partial charge in [0.15, 0.2) is 0 Å². The summed E-state index contributed by atoms with van der Waals surface area (Å²) in [6.07, 6.45) is 0. The maximum Gasteiger partial charge on any atom is 0.269 e. The largest absolute Gasteiger partial charge is 0.506 e. The van der Waals surface area contributed by atoms with Crippen molar-refractivity contribution >= 4 is 40.0 Å². The number of aromatic amines is 1. The first-order valence-electron chi connectivity index (χ1n) is 6.42. The number of hydrogen-bond acceptors (Lipinski definition) is 5. The van der Waals surface area contributed by atoms with E-state index in [2.05, 4.69) is 4.98 Å². The predicted octanol–water partition coefficient (Wildman–Crippen LogP) is 3.95. The van der Waals surface area contributed by atoms with Crippen LogP contribution in [0.15, 0.2) is 57.1 Å². The molecule has 0 atom stereocenters. The van der Waals surface area contributed by atoms with E-state index in [1.165, 1.54) is 24.3 Å². The number of hydrogen-bond donors (Lipinski definition) is 2. The molecular formula is C15H9ClN2O4S. The van der Waals surface area contributed by atoms with Gasteiger partial charge < -0.3 is 10.1 Å². The Kier molecular flexibility index (Phi) is 3.97. The van der Waals surface area contributed by atoms with Crippen LogP contribution in [-0.4, -0.2) is 15.0 Å². The van der Waals surface area contributed by atoms with Crippen molar-refractivity contribution in [3.05, 3.63) is 68.0 Å². The summed E-state index contributed by atoms with van der Waals surface area (Å²) in [5.41, 5.74) is -0.0608. The van der Waals surface area contributed by atoms with Crippen LogP contribution in [0.4, 0.5) is 5.69 Å². The van der Waals surface area contributed by atoms with Crippen LogP contribution in [0.3, 0.4) is 0 Å². The summed E-state index contributed by atoms with van der Waals surface area (Å²) in [5.74, 6) is -0.149. The van der Waals surface area contributed by atoms with E-state index in [9.17, 15) is 20.0 Å². The number of aromatic nitrogens is 1. The first-order valence-corrected chi connectivity index (χ1v) is 7.62. The molecule has 0 unspecified atom stereocenters. The zero-order valence-electron chi connectivity index (χ0n) is 11.4. The number of nitro benzene ring substituents is 1. The molecule has 116 valence electrons. The number of non-ortho nitro benzene ring substituents is 1. The topological polar surface area (TPSA) is 96.2 Å². The molecule has 1 heterocycles. The fourth-order valence-corrected chi connectivity index (χ4v) is 3.11. The van der Waals surface area contributed by atoms with Crippen molar-refractivity contribution in [3.63, 3.8) is 0 Å². The molecule has 0 bridgehead atoms. The Bertz CT molecular complexity index is 970. The Morgan fingerprint density at radius 3 is 2.52 bits per heavy atom. The van der Waals surface area contributed by atoms with E-state index in [4.69, 9.17) is 11.6 Å². The highest BCUT2D eigenvalue weighted by Gasteiger charge is 2.14. The minimum absolute atomic E-state index is 0.0411. The summed E-state index contributed by atoms with van der Waals surface area (Å²) < 4.78 is 0. The van der Waals surface area contributed by atoms with Crippen LogP contribution in [0.5, 0.6) is 5.75 Å². The number of halogens is 1. The van der Waals surface area contributed by atoms with E-state index in [0.717, 1.165) is 11.8 Å². The molecule has 0 fully saturated rings. The Morgan fingerprint density at radius 2 is 1.87 bits per heavy atom. The summed E-state index contributed by atoms with van der Waals surface area (Å²) in [7, 11) is 0. The minimum Gasteiger partial charge on any atom is -0.506 e. The van der Waals surface area contributed by atoms with Crippen molar-refractivity contribution in [2.75, 3.05) is 0 Å². The lowest BCUT2D eigenvalue weighted by molar-refractivity contribution is -0.384. The van der Waals surface area contributed by atoms with Gasteiger partial charge in [0, 0.05) is 27.4 Å². The molecule has 2 aromatic carbocycles. The molecule has 0 aliphatic carbocycles. The zero-order chi connectivity index (χ0) is 16.6. The number of pyridine rings is 1. The van der Waals surface area contributed by atoms with E-state index >= 15 is 0 Å². The highest BCUT2D eigenvalue weighted by Crippen LogP contribution is 2.36. The lowest BCUT2D eigenvalue weighted by atomic mass is 10.2. The highest BCUT2D eigenvalue weighted by atomic mass is 35.5. The van der Waals surface area contributed by atoms with E-state index in [1.54, 1.807) is 18.2 Å². The summed E-state index contributed by atoms with van der Waals surface area (Å²) in [6.45, 7) is 0. The number of nitrogens with one attached hydrogen (secondary N) is 1. The molecule has 3 rings (SSSR count). The van der Waals surface area contributed by atoms with Crippen molar-refractivity contribution in [1.82, 2.24) is 4.98 Å². The molecule has 23 heavy (non-hydrogen) atoms. The zero-order valence-corrected chi connectivity index (χ0v) is 13.0. The quantitative estimate of drug-likeness (QED) is 0.552. The standard InChI is InChI=1S/C15H9ClN2O4S/c16-8-1-6-11-12(7-8)17-15(20)14(13(11)19)23-10-4-2-9(3-5-10)18(21)22/h1-7H,(H2,17,19,20). The molecule has 0 aliphatic rings. The van der Waals surface area contributed by atoms with Gasteiger partial charge in [0.2, 0.25) is 0 Å². The number of H-pyrrole nitrogens is 1. The number of nitro groups is 1. The molecule has 3 aromatic rings. The molecule has 0 saturated heterocycles. The van der Waals surface area contributed by atoms with Crippen molar-refractivity contribution in [2.45, 2.75) is 9.79 Å². The fraction of sp³-hybridized carbons (Fsp3) is 0. The van der Waals surface area contributed by atoms with Gasteiger partial charge in [-0.25, -0.2) is 0 Å². The van der Waals surface area contributed by atoms with Crippen molar-refractivity contribution in [2.24, 2.45) is 0 Å². The molecule has 2 N–H and O–H groups in total. The van der Waals surface area contributed by atoms with Crippen molar-refractivity contribution in [1.29, 1.82) is 0 Å². The molecule has 0 amide bonds. The third kappa shape index (κ3) is 3.01. The van der Waals surface area contributed by atoms with Gasteiger partial charge in [0.05, 0.1) is 10.4 Å². The second-order valence-corrected chi connectivity index (χ2v) is 6.20. The van der Waals surface area contributed by atoms with Gasteiger partial charge in [-0.1, -0.05) is 23.4 Å². The van der Waals surface area contributed by atoms with Gasteiger partial charge in [-0.2, -0.15) is 0 Å². The lowest BCUT2D eigenvalue weighted by Gasteiger charge is -2.07. The molecule has 1 aromatic heterocycles. The fourth-order valence-electron chi connectivity index (χ4n) is 2.08. The lowest BCUT2D eigenvalue weighted by Crippen LogP contribution is -2.08. The van der Waals surface area contributed by atoms with Crippen LogP contribution in [0.2, 0.25) is 5.02 Å². The molecular weight excluding hydrogens is 340 g/mol. The molecule has 6 nitrogen and oxygen atoms in total. The summed E-state index contributed by atoms with van der Waals surface area (Å²) in [6, 6.07) is 10.5. The first-order chi connectivity index (χ1) is 11.0. The van der Waals surface area contributed by atoms with E-state index in [0.29, 0.717) is 20.8 Å². The Balaban J connectivity index is 2.04. The minimum atomic E-state index is -0.501. The number of nitrogens with zero attached hydrogens (tertiary/aromatic N) is 1. The van der Waals surface area contributed by atoms with E-state index < -0.39 is 10.5 Å². The number of rotatable bonds is 3. The molecule has 0 spiro atoms. The average Bonchev–Trinajstić information content (AvgIpc) is 2.51. The van der Waals surface area contributed by atoms with Gasteiger partial charge >= 0.3 is 0 Å². The predicted molar refractivity (Wildman–Crippen MR) is 88.5 cm³/mol. The van der Waals surface area contributed by atoms with E-state index in [1.807, 2.05) is 0 Å². The second kappa shape index (κ2) is 5.94. The third-order valence-electron chi connectivity index (χ3n) is 3.17. The molecule has 8 heteroatoms. The summed E-state index contributed by atoms with van der Waals surface area (Å²) in [4.78, 5) is 25.7. The van der Waals surface area contributed by atoms with Crippen LogP contribution in [0, 0.1) is 10.1 Å². The molecule has 0 aliphatic heterocycles. The molecule has 0 saturated carbocycles. The Labute approximate surface area is 138 Å². The van der Waals surface area contributed by atoms with Crippen molar-refractivity contribution in [3.8, 4) is 5.75 Å². The molecule has 0 radical (unpaired) electrons. The highest BCUT2D eigenvalue weighted by molar-refractivity contribution is 7.99. The smallest absolute Gasteiger partial charge is 0.269 e. The monoisotopic (exact) mass is 348 g/mol. The summed E-state index contributed by atoms with van der Waals surface area (Å²) in [5, 5.41) is 21.9. The third-order valence-corrected chi connectivity index (χ3v) is 4.50. The van der Waals surface area contributed by atoms with Crippen LogP contribution in [-0.2, 0) is 0 Å². The number of benzene rings is 2. The maximum absolute atomic E-state index is 12.2. The SMILES string of the molecule is O=c1[nH]c2cc(Cl)ccc2c(O)c1Sc1ccc([N+](=O)[O-])cc1. The van der Waals surface area contributed by atoms with Crippen LogP contribution in [0.1, 0.15) is 0 Å². The van der Waals surface area contributed by atoms with Crippen LogP contribution >= 0.6 is 23.4 Å². The Morgan fingerprint density at radius 1 is 1.17 bits per heavy atom. The van der Waals surface area contributed by atoms with E-state index in [-0.39, 0.29) is 16.3 Å². The van der Waals surface area contributed by atoms with Gasteiger partial charge in [0.25, 0.3) is 11.2 Å². The average molecular weight is 349 g/mol. The van der Waals surface area contributed by atoms with Crippen LogP contribution in [0.25, 0.3) is 10.9 Å². The van der Waals surface area contributed by atoms with Crippen LogP contribution < -0.4 is 5.56 Å². The number of fused-ring (bicyclic) bond motifs is 1. The number of aromatic hydroxyl groups is 1. The van der Waals surface area contributed by atoms with Gasteiger partial charge in [-0.15, -0.1) is 0 Å². The second-order valence-electron chi connectivity index (χ2n) is 4.67. The Hall–Kier alpha value is -2.51.